The van der Waals surface area contributed by atoms with Gasteiger partial charge in [-0.25, -0.2) is 4.79 Å². The first kappa shape index (κ1) is 17.8. The molecule has 1 N–H and O–H groups in total. The van der Waals surface area contributed by atoms with Crippen molar-refractivity contribution in [2.24, 2.45) is 5.92 Å². The van der Waals surface area contributed by atoms with Crippen molar-refractivity contribution in [2.75, 3.05) is 38.0 Å². The second kappa shape index (κ2) is 8.87. The summed E-state index contributed by atoms with van der Waals surface area (Å²) >= 11 is 0. The topological polar surface area (TPSA) is 59.4 Å². The molecule has 1 aromatic rings. The smallest absolute Gasteiger partial charge is 0.321 e. The van der Waals surface area contributed by atoms with Crippen LogP contribution in [0.25, 0.3) is 0 Å². The highest BCUT2D eigenvalue weighted by atomic mass is 16.2. The number of nitrogens with one attached hydrogen (secondary N) is 1. The summed E-state index contributed by atoms with van der Waals surface area (Å²) in [7, 11) is 0. The molecular formula is C20H28N4O. The van der Waals surface area contributed by atoms with Gasteiger partial charge >= 0.3 is 6.03 Å². The molecule has 5 nitrogen and oxygen atoms in total. The van der Waals surface area contributed by atoms with Crippen LogP contribution in [0.4, 0.5) is 10.5 Å². The molecule has 1 saturated heterocycles. The maximum atomic E-state index is 12.5. The second-order valence-corrected chi connectivity index (χ2v) is 7.27. The lowest BCUT2D eigenvalue weighted by molar-refractivity contribution is 0.197. The number of urea groups is 1. The van der Waals surface area contributed by atoms with E-state index in [1.807, 2.05) is 11.0 Å². The maximum absolute atomic E-state index is 12.5. The Hall–Kier alpha value is -2.06. The molecule has 0 unspecified atom stereocenters. The molecule has 1 aliphatic heterocycles. The predicted molar refractivity (Wildman–Crippen MR) is 99.4 cm³/mol. The van der Waals surface area contributed by atoms with E-state index in [9.17, 15) is 4.79 Å². The molecule has 25 heavy (non-hydrogen) atoms. The van der Waals surface area contributed by atoms with Gasteiger partial charge in [-0.05, 0) is 49.9 Å². The van der Waals surface area contributed by atoms with Gasteiger partial charge in [0.25, 0.3) is 0 Å². The third-order valence-electron chi connectivity index (χ3n) is 5.36. The SMILES string of the molecule is N#Cc1cccc(NC(=O)N2CCCN(CC3CCCCC3)CC2)c1. The Morgan fingerprint density at radius 1 is 1.12 bits per heavy atom. The Kier molecular flexibility index (Phi) is 6.30. The van der Waals surface area contributed by atoms with Crippen molar-refractivity contribution in [2.45, 2.75) is 38.5 Å². The average molecular weight is 340 g/mol. The minimum Gasteiger partial charge on any atom is -0.323 e. The molecule has 0 bridgehead atoms. The number of rotatable bonds is 3. The van der Waals surface area contributed by atoms with Gasteiger partial charge in [0.15, 0.2) is 0 Å². The molecule has 134 valence electrons. The number of nitriles is 1. The van der Waals surface area contributed by atoms with Crippen LogP contribution in [-0.4, -0.2) is 48.6 Å². The summed E-state index contributed by atoms with van der Waals surface area (Å²) in [4.78, 5) is 17.0. The summed E-state index contributed by atoms with van der Waals surface area (Å²) in [5, 5.41) is 11.9. The minimum atomic E-state index is -0.0605. The Morgan fingerprint density at radius 2 is 1.96 bits per heavy atom. The van der Waals surface area contributed by atoms with Crippen LogP contribution in [0.3, 0.4) is 0 Å². The molecule has 1 heterocycles. The first-order valence-corrected chi connectivity index (χ1v) is 9.53. The minimum absolute atomic E-state index is 0.0605. The van der Waals surface area contributed by atoms with Gasteiger partial charge in [-0.15, -0.1) is 0 Å². The standard InChI is InChI=1S/C20H28N4O/c21-15-18-8-4-9-19(14-18)22-20(25)24-11-5-10-23(12-13-24)16-17-6-2-1-3-7-17/h4,8-9,14,17H,1-3,5-7,10-13,16H2,(H,22,25). The van der Waals surface area contributed by atoms with Crippen LogP contribution in [0.5, 0.6) is 0 Å². The number of carbonyl (C=O) groups excluding carboxylic acids is 1. The lowest BCUT2D eigenvalue weighted by atomic mass is 9.89. The molecule has 2 fully saturated rings. The van der Waals surface area contributed by atoms with Crippen molar-refractivity contribution in [1.82, 2.24) is 9.80 Å². The Bertz CT molecular complexity index is 618. The Morgan fingerprint density at radius 3 is 2.76 bits per heavy atom. The molecule has 2 aliphatic rings. The van der Waals surface area contributed by atoms with Gasteiger partial charge in [-0.1, -0.05) is 25.3 Å². The first-order chi connectivity index (χ1) is 12.2. The fourth-order valence-corrected chi connectivity index (χ4v) is 3.96. The number of carbonyl (C=O) groups is 1. The van der Waals surface area contributed by atoms with E-state index in [1.54, 1.807) is 18.2 Å². The van der Waals surface area contributed by atoms with Crippen LogP contribution in [0, 0.1) is 17.2 Å². The first-order valence-electron chi connectivity index (χ1n) is 9.53. The van der Waals surface area contributed by atoms with Gasteiger partial charge in [0.05, 0.1) is 11.6 Å². The summed E-state index contributed by atoms with van der Waals surface area (Å²) in [6.45, 7) is 4.81. The number of hydrogen-bond acceptors (Lipinski definition) is 3. The van der Waals surface area contributed by atoms with Gasteiger partial charge in [-0.2, -0.15) is 5.26 Å². The van der Waals surface area contributed by atoms with Gasteiger partial charge in [0.1, 0.15) is 0 Å². The van der Waals surface area contributed by atoms with Crippen LogP contribution in [0.1, 0.15) is 44.1 Å². The van der Waals surface area contributed by atoms with E-state index >= 15 is 0 Å². The fraction of sp³-hybridized carbons (Fsp3) is 0.600. The molecule has 1 aromatic carbocycles. The summed E-state index contributed by atoms with van der Waals surface area (Å²) in [6, 6.07) is 9.12. The van der Waals surface area contributed by atoms with E-state index in [0.29, 0.717) is 11.3 Å². The predicted octanol–water partition coefficient (Wildman–Crippen LogP) is 3.68. The van der Waals surface area contributed by atoms with Gasteiger partial charge in [-0.3, -0.25) is 0 Å². The summed E-state index contributed by atoms with van der Waals surface area (Å²) < 4.78 is 0. The molecule has 5 heteroatoms. The zero-order chi connectivity index (χ0) is 17.5. The van der Waals surface area contributed by atoms with Crippen LogP contribution in [-0.2, 0) is 0 Å². The van der Waals surface area contributed by atoms with Crippen LogP contribution >= 0.6 is 0 Å². The maximum Gasteiger partial charge on any atom is 0.321 e. The number of anilines is 1. The Balaban J connectivity index is 1.49. The third kappa shape index (κ3) is 5.20. The van der Waals surface area contributed by atoms with Crippen LogP contribution < -0.4 is 5.32 Å². The monoisotopic (exact) mass is 340 g/mol. The van der Waals surface area contributed by atoms with E-state index in [1.165, 1.54) is 38.6 Å². The van der Waals surface area contributed by atoms with Crippen LogP contribution in [0.15, 0.2) is 24.3 Å². The lowest BCUT2D eigenvalue weighted by Gasteiger charge is -2.28. The molecule has 0 spiro atoms. The molecule has 3 rings (SSSR count). The van der Waals surface area contributed by atoms with Gasteiger partial charge < -0.3 is 15.1 Å². The highest BCUT2D eigenvalue weighted by Crippen LogP contribution is 2.24. The quantitative estimate of drug-likeness (QED) is 0.913. The van der Waals surface area contributed by atoms with Crippen LogP contribution in [0.2, 0.25) is 0 Å². The summed E-state index contributed by atoms with van der Waals surface area (Å²) in [5.74, 6) is 0.850. The fourth-order valence-electron chi connectivity index (χ4n) is 3.96. The van der Waals surface area contributed by atoms with E-state index in [0.717, 1.165) is 38.5 Å². The normalized spacial score (nSPS) is 19.9. The second-order valence-electron chi connectivity index (χ2n) is 7.27. The van der Waals surface area contributed by atoms with Crippen molar-refractivity contribution in [3.05, 3.63) is 29.8 Å². The van der Waals surface area contributed by atoms with Crippen molar-refractivity contribution in [1.29, 1.82) is 5.26 Å². The van der Waals surface area contributed by atoms with Crippen molar-refractivity contribution < 1.29 is 4.79 Å². The molecule has 2 amide bonds. The average Bonchev–Trinajstić information content (AvgIpc) is 2.88. The molecule has 1 aliphatic carbocycles. The van der Waals surface area contributed by atoms with E-state index in [-0.39, 0.29) is 6.03 Å². The van der Waals surface area contributed by atoms with E-state index < -0.39 is 0 Å². The molecule has 0 atom stereocenters. The molecule has 0 radical (unpaired) electrons. The zero-order valence-electron chi connectivity index (χ0n) is 14.9. The number of nitrogens with zero attached hydrogens (tertiary/aromatic N) is 3. The largest absolute Gasteiger partial charge is 0.323 e. The molecule has 0 aromatic heterocycles. The number of benzene rings is 1. The zero-order valence-corrected chi connectivity index (χ0v) is 14.9. The molecule has 1 saturated carbocycles. The summed E-state index contributed by atoms with van der Waals surface area (Å²) in [5.41, 5.74) is 1.25. The molecular weight excluding hydrogens is 312 g/mol. The third-order valence-corrected chi connectivity index (χ3v) is 5.36. The van der Waals surface area contributed by atoms with E-state index in [4.69, 9.17) is 5.26 Å². The van der Waals surface area contributed by atoms with Crippen molar-refractivity contribution in [3.8, 4) is 6.07 Å². The van der Waals surface area contributed by atoms with Crippen molar-refractivity contribution >= 4 is 11.7 Å². The number of hydrogen-bond donors (Lipinski definition) is 1. The highest BCUT2D eigenvalue weighted by Gasteiger charge is 2.22. The van der Waals surface area contributed by atoms with Gasteiger partial charge in [0, 0.05) is 31.9 Å². The lowest BCUT2D eigenvalue weighted by Crippen LogP contribution is -2.39. The van der Waals surface area contributed by atoms with Crippen molar-refractivity contribution in [3.63, 3.8) is 0 Å². The summed E-state index contributed by atoms with van der Waals surface area (Å²) in [6.07, 6.45) is 7.94. The Labute approximate surface area is 150 Å². The number of amides is 2. The van der Waals surface area contributed by atoms with Gasteiger partial charge in [0.2, 0.25) is 0 Å². The highest BCUT2D eigenvalue weighted by molar-refractivity contribution is 5.89. The van der Waals surface area contributed by atoms with E-state index in [2.05, 4.69) is 16.3 Å².